The second-order valence-electron chi connectivity index (χ2n) is 2.29. The van der Waals surface area contributed by atoms with Crippen molar-refractivity contribution in [2.24, 2.45) is 0 Å². The van der Waals surface area contributed by atoms with Crippen LogP contribution in [0, 0.1) is 0 Å². The summed E-state index contributed by atoms with van der Waals surface area (Å²) in [6.45, 7) is 5.90. The van der Waals surface area contributed by atoms with Crippen LogP contribution in [0.15, 0.2) is 0 Å². The van der Waals surface area contributed by atoms with E-state index in [4.69, 9.17) is 4.74 Å². The number of rotatable bonds is 0. The zero-order chi connectivity index (χ0) is 5.33. The molecule has 1 N–H and O–H groups in total. The fourth-order valence-corrected chi connectivity index (χ4v) is 0.709. The lowest BCUT2D eigenvalue weighted by atomic mass is 10.3. The first-order valence-electron chi connectivity index (χ1n) is 2.60. The molecule has 0 aromatic carbocycles. The Hall–Kier alpha value is 0.210. The summed E-state index contributed by atoms with van der Waals surface area (Å²) >= 11 is 0. The lowest BCUT2D eigenvalue weighted by Gasteiger charge is -2.15. The summed E-state index contributed by atoms with van der Waals surface area (Å²) in [6, 6.07) is 0. The van der Waals surface area contributed by atoms with Gasteiger partial charge in [-0.05, 0) is 13.8 Å². The molecule has 0 aromatic rings. The van der Waals surface area contributed by atoms with Gasteiger partial charge in [-0.1, -0.05) is 0 Å². The highest BCUT2D eigenvalue weighted by molar-refractivity contribution is 5.85. The highest BCUT2D eigenvalue weighted by atomic mass is 35.5. The van der Waals surface area contributed by atoms with Crippen LogP contribution >= 0.6 is 12.4 Å². The topological polar surface area (TPSA) is 21.3 Å². The maximum atomic E-state index is 5.23. The molecule has 1 heterocycles. The van der Waals surface area contributed by atoms with E-state index in [0.717, 1.165) is 13.2 Å². The molecular weight excluding hydrogens is 126 g/mol. The van der Waals surface area contributed by atoms with E-state index < -0.39 is 0 Å². The van der Waals surface area contributed by atoms with Gasteiger partial charge in [0.1, 0.15) is 5.72 Å². The quantitative estimate of drug-likeness (QED) is 0.533. The Morgan fingerprint density at radius 3 is 2.25 bits per heavy atom. The van der Waals surface area contributed by atoms with E-state index in [1.54, 1.807) is 0 Å². The summed E-state index contributed by atoms with van der Waals surface area (Å²) in [5, 5.41) is 3.17. The van der Waals surface area contributed by atoms with E-state index in [0.29, 0.717) is 0 Å². The van der Waals surface area contributed by atoms with Crippen molar-refractivity contribution in [2.75, 3.05) is 13.2 Å². The Morgan fingerprint density at radius 1 is 1.50 bits per heavy atom. The average Bonchev–Trinajstić information content (AvgIpc) is 1.84. The summed E-state index contributed by atoms with van der Waals surface area (Å²) in [5.74, 6) is 0. The van der Waals surface area contributed by atoms with E-state index in [1.165, 1.54) is 0 Å². The minimum Gasteiger partial charge on any atom is -0.360 e. The van der Waals surface area contributed by atoms with Gasteiger partial charge in [0.15, 0.2) is 0 Å². The summed E-state index contributed by atoms with van der Waals surface area (Å²) in [5.41, 5.74) is -0.0556. The van der Waals surface area contributed by atoms with Crippen molar-refractivity contribution in [3.05, 3.63) is 0 Å². The molecule has 0 amide bonds. The molecule has 1 aliphatic rings. The van der Waals surface area contributed by atoms with Gasteiger partial charge in [-0.2, -0.15) is 0 Å². The van der Waals surface area contributed by atoms with Crippen LogP contribution in [0.4, 0.5) is 0 Å². The van der Waals surface area contributed by atoms with Crippen LogP contribution in [-0.2, 0) is 4.74 Å². The van der Waals surface area contributed by atoms with E-state index in [-0.39, 0.29) is 18.1 Å². The Balaban J connectivity index is 0.000000490. The Morgan fingerprint density at radius 2 is 2.12 bits per heavy atom. The highest BCUT2D eigenvalue weighted by Crippen LogP contribution is 2.07. The number of hydrogen-bond acceptors (Lipinski definition) is 2. The van der Waals surface area contributed by atoms with Gasteiger partial charge < -0.3 is 4.74 Å². The normalized spacial score (nSPS) is 24.8. The first-order valence-corrected chi connectivity index (χ1v) is 2.60. The van der Waals surface area contributed by atoms with Crippen molar-refractivity contribution in [1.82, 2.24) is 5.32 Å². The van der Waals surface area contributed by atoms with Crippen molar-refractivity contribution >= 4 is 12.4 Å². The molecule has 1 aliphatic heterocycles. The fourth-order valence-electron chi connectivity index (χ4n) is 0.709. The number of halogens is 1. The number of ether oxygens (including phenoxy) is 1. The Bertz CT molecular complexity index is 66.8. The molecule has 2 nitrogen and oxygen atoms in total. The first kappa shape index (κ1) is 8.21. The molecule has 8 heavy (non-hydrogen) atoms. The van der Waals surface area contributed by atoms with E-state index in [2.05, 4.69) is 5.32 Å². The van der Waals surface area contributed by atoms with Gasteiger partial charge in [0.25, 0.3) is 0 Å². The Kier molecular flexibility index (Phi) is 2.74. The van der Waals surface area contributed by atoms with Crippen molar-refractivity contribution in [2.45, 2.75) is 19.6 Å². The second kappa shape index (κ2) is 2.67. The molecule has 0 atom stereocenters. The van der Waals surface area contributed by atoms with Crippen LogP contribution in [0.1, 0.15) is 13.8 Å². The van der Waals surface area contributed by atoms with Gasteiger partial charge in [0, 0.05) is 6.54 Å². The molecular formula is C5H12ClNO. The molecule has 3 heteroatoms. The first-order chi connectivity index (χ1) is 3.21. The van der Waals surface area contributed by atoms with E-state index >= 15 is 0 Å². The minimum atomic E-state index is -0.0556. The van der Waals surface area contributed by atoms with Crippen LogP contribution in [0.3, 0.4) is 0 Å². The maximum Gasteiger partial charge on any atom is 0.113 e. The smallest absolute Gasteiger partial charge is 0.113 e. The van der Waals surface area contributed by atoms with Gasteiger partial charge in [-0.15, -0.1) is 12.4 Å². The third kappa shape index (κ3) is 1.99. The number of hydrogen-bond donors (Lipinski definition) is 1. The van der Waals surface area contributed by atoms with Gasteiger partial charge in [-0.25, -0.2) is 0 Å². The lowest BCUT2D eigenvalue weighted by molar-refractivity contribution is 0.0233. The van der Waals surface area contributed by atoms with Crippen molar-refractivity contribution in [3.63, 3.8) is 0 Å². The van der Waals surface area contributed by atoms with Gasteiger partial charge >= 0.3 is 0 Å². The zero-order valence-electron chi connectivity index (χ0n) is 5.23. The largest absolute Gasteiger partial charge is 0.360 e. The molecule has 50 valence electrons. The van der Waals surface area contributed by atoms with Crippen molar-refractivity contribution < 1.29 is 4.74 Å². The van der Waals surface area contributed by atoms with Gasteiger partial charge in [0.05, 0.1) is 6.61 Å². The van der Waals surface area contributed by atoms with Crippen LogP contribution in [0.5, 0.6) is 0 Å². The summed E-state index contributed by atoms with van der Waals surface area (Å²) in [6.07, 6.45) is 0. The van der Waals surface area contributed by atoms with Crippen molar-refractivity contribution in [1.29, 1.82) is 0 Å². The average molecular weight is 138 g/mol. The molecule has 0 bridgehead atoms. The molecule has 1 saturated heterocycles. The summed E-state index contributed by atoms with van der Waals surface area (Å²) in [7, 11) is 0. The molecule has 1 rings (SSSR count). The highest BCUT2D eigenvalue weighted by Gasteiger charge is 2.21. The van der Waals surface area contributed by atoms with Gasteiger partial charge in [0.2, 0.25) is 0 Å². The van der Waals surface area contributed by atoms with E-state index in [9.17, 15) is 0 Å². The molecule has 0 unspecified atom stereocenters. The predicted octanol–water partition coefficient (Wildman–Crippen LogP) is 0.764. The maximum absolute atomic E-state index is 5.23. The summed E-state index contributed by atoms with van der Waals surface area (Å²) < 4.78 is 5.23. The second-order valence-corrected chi connectivity index (χ2v) is 2.29. The molecule has 0 radical (unpaired) electrons. The SMILES string of the molecule is CC1(C)NCCO1.Cl. The predicted molar refractivity (Wildman–Crippen MR) is 35.3 cm³/mol. The molecule has 0 aliphatic carbocycles. The van der Waals surface area contributed by atoms with E-state index in [1.807, 2.05) is 13.8 Å². The molecule has 0 aromatic heterocycles. The fraction of sp³-hybridized carbons (Fsp3) is 1.00. The van der Waals surface area contributed by atoms with Crippen molar-refractivity contribution in [3.8, 4) is 0 Å². The number of nitrogens with one attached hydrogen (secondary N) is 1. The van der Waals surface area contributed by atoms with Crippen LogP contribution in [0.2, 0.25) is 0 Å². The Labute approximate surface area is 56.0 Å². The third-order valence-electron chi connectivity index (χ3n) is 1.12. The molecule has 0 saturated carbocycles. The lowest BCUT2D eigenvalue weighted by Crippen LogP contribution is -2.33. The van der Waals surface area contributed by atoms with Crippen LogP contribution in [-0.4, -0.2) is 18.9 Å². The standard InChI is InChI=1S/C5H11NO.ClH/c1-5(2)6-3-4-7-5;/h6H,3-4H2,1-2H3;1H. The third-order valence-corrected chi connectivity index (χ3v) is 1.12. The van der Waals surface area contributed by atoms with Gasteiger partial charge in [-0.3, -0.25) is 5.32 Å². The molecule has 0 spiro atoms. The zero-order valence-corrected chi connectivity index (χ0v) is 6.05. The van der Waals surface area contributed by atoms with Crippen LogP contribution in [0.25, 0.3) is 0 Å². The summed E-state index contributed by atoms with van der Waals surface area (Å²) in [4.78, 5) is 0. The minimum absolute atomic E-state index is 0. The molecule has 1 fully saturated rings. The van der Waals surface area contributed by atoms with Crippen LogP contribution < -0.4 is 5.32 Å². The monoisotopic (exact) mass is 137 g/mol.